The zero-order valence-corrected chi connectivity index (χ0v) is 15.9. The van der Waals surface area contributed by atoms with E-state index in [1.165, 1.54) is 0 Å². The van der Waals surface area contributed by atoms with E-state index in [0.29, 0.717) is 29.6 Å². The Balaban J connectivity index is 1.98. The molecule has 6 heteroatoms. The lowest BCUT2D eigenvalue weighted by Crippen LogP contribution is -2.05. The van der Waals surface area contributed by atoms with Gasteiger partial charge in [-0.25, -0.2) is 9.79 Å². The molecule has 0 bridgehead atoms. The number of ether oxygens (including phenoxy) is 3. The highest BCUT2D eigenvalue weighted by molar-refractivity contribution is 14.1. The monoisotopic (exact) mass is 449 g/mol. The van der Waals surface area contributed by atoms with E-state index in [2.05, 4.69) is 27.6 Å². The van der Waals surface area contributed by atoms with Crippen molar-refractivity contribution < 1.29 is 19.0 Å². The Morgan fingerprint density at radius 3 is 2.64 bits per heavy atom. The van der Waals surface area contributed by atoms with Gasteiger partial charge in [-0.3, -0.25) is 0 Å². The Labute approximate surface area is 159 Å². The van der Waals surface area contributed by atoms with Crippen LogP contribution in [-0.4, -0.2) is 25.6 Å². The molecule has 0 atom stereocenters. The molecule has 0 aliphatic carbocycles. The average Bonchev–Trinajstić information content (AvgIpc) is 2.98. The summed E-state index contributed by atoms with van der Waals surface area (Å²) in [5.41, 5.74) is 1.69. The van der Waals surface area contributed by atoms with Crippen molar-refractivity contribution in [1.29, 1.82) is 0 Å². The summed E-state index contributed by atoms with van der Waals surface area (Å²) in [5, 5.41) is 0. The molecule has 2 aromatic carbocycles. The molecule has 0 aromatic heterocycles. The van der Waals surface area contributed by atoms with Crippen LogP contribution in [0.5, 0.6) is 11.5 Å². The number of nitrogens with zero attached hydrogens (tertiary/aromatic N) is 1. The number of para-hydroxylation sites is 1. The molecule has 0 saturated heterocycles. The van der Waals surface area contributed by atoms with E-state index in [9.17, 15) is 4.79 Å². The van der Waals surface area contributed by atoms with Crippen molar-refractivity contribution in [2.75, 3.05) is 13.7 Å². The van der Waals surface area contributed by atoms with Crippen molar-refractivity contribution in [2.45, 2.75) is 6.92 Å². The zero-order chi connectivity index (χ0) is 17.8. The van der Waals surface area contributed by atoms with Crippen LogP contribution in [0.15, 0.2) is 53.2 Å². The van der Waals surface area contributed by atoms with Gasteiger partial charge in [0.05, 0.1) is 13.7 Å². The van der Waals surface area contributed by atoms with Crippen LogP contribution >= 0.6 is 22.6 Å². The summed E-state index contributed by atoms with van der Waals surface area (Å²) in [6, 6.07) is 13.1. The maximum Gasteiger partial charge on any atom is 0.363 e. The Morgan fingerprint density at radius 2 is 1.96 bits per heavy atom. The summed E-state index contributed by atoms with van der Waals surface area (Å²) in [4.78, 5) is 16.5. The van der Waals surface area contributed by atoms with E-state index >= 15 is 0 Å². The molecule has 128 valence electrons. The summed E-state index contributed by atoms with van der Waals surface area (Å²) in [7, 11) is 1.58. The molecule has 0 spiro atoms. The standard InChI is InChI=1S/C19H16INO4/c1-3-24-17-13(5-4-6-16(17)23-2)11-15-19(22)25-18(21-15)12-7-9-14(20)10-8-12/h4-11H,3H2,1-2H3/b15-11-. The van der Waals surface area contributed by atoms with Gasteiger partial charge < -0.3 is 14.2 Å². The van der Waals surface area contributed by atoms with Gasteiger partial charge in [0.2, 0.25) is 5.90 Å². The van der Waals surface area contributed by atoms with Gasteiger partial charge in [-0.15, -0.1) is 0 Å². The number of carbonyl (C=O) groups excluding carboxylic acids is 1. The van der Waals surface area contributed by atoms with E-state index in [-0.39, 0.29) is 5.70 Å². The molecule has 1 aliphatic rings. The number of halogens is 1. The van der Waals surface area contributed by atoms with Crippen LogP contribution in [0.25, 0.3) is 6.08 Å². The first-order chi connectivity index (χ1) is 12.1. The van der Waals surface area contributed by atoms with Gasteiger partial charge >= 0.3 is 5.97 Å². The van der Waals surface area contributed by atoms with Crippen LogP contribution in [0.4, 0.5) is 0 Å². The highest BCUT2D eigenvalue weighted by atomic mass is 127. The number of esters is 1. The van der Waals surface area contributed by atoms with Gasteiger partial charge in [-0.1, -0.05) is 12.1 Å². The third-order valence-electron chi connectivity index (χ3n) is 3.52. The smallest absolute Gasteiger partial charge is 0.363 e. The first kappa shape index (κ1) is 17.5. The van der Waals surface area contributed by atoms with Crippen LogP contribution < -0.4 is 9.47 Å². The molecule has 25 heavy (non-hydrogen) atoms. The molecule has 5 nitrogen and oxygen atoms in total. The normalized spacial score (nSPS) is 15.1. The van der Waals surface area contributed by atoms with Crippen LogP contribution in [0.1, 0.15) is 18.1 Å². The van der Waals surface area contributed by atoms with Crippen LogP contribution in [0.2, 0.25) is 0 Å². The molecule has 0 amide bonds. The number of aliphatic imine (C=N–C) groups is 1. The van der Waals surface area contributed by atoms with Gasteiger partial charge in [0.1, 0.15) is 0 Å². The van der Waals surface area contributed by atoms with Crippen molar-refractivity contribution in [3.63, 3.8) is 0 Å². The lowest BCUT2D eigenvalue weighted by atomic mass is 10.1. The molecule has 1 aliphatic heterocycles. The maximum atomic E-state index is 12.2. The first-order valence-electron chi connectivity index (χ1n) is 7.70. The SMILES string of the molecule is CCOc1c(/C=C2\N=C(c3ccc(I)cc3)OC2=O)cccc1OC. The van der Waals surface area contributed by atoms with Crippen LogP contribution in [0.3, 0.4) is 0 Å². The van der Waals surface area contributed by atoms with Gasteiger partial charge in [-0.2, -0.15) is 0 Å². The molecular weight excluding hydrogens is 433 g/mol. The van der Waals surface area contributed by atoms with Crippen LogP contribution in [0, 0.1) is 3.57 Å². The molecular formula is C19H16INO4. The van der Waals surface area contributed by atoms with Crippen molar-refractivity contribution >= 4 is 40.5 Å². The minimum absolute atomic E-state index is 0.225. The molecule has 0 unspecified atom stereocenters. The first-order valence-corrected chi connectivity index (χ1v) is 8.78. The van der Waals surface area contributed by atoms with E-state index in [1.807, 2.05) is 43.3 Å². The third kappa shape index (κ3) is 3.84. The quantitative estimate of drug-likeness (QED) is 0.393. The summed E-state index contributed by atoms with van der Waals surface area (Å²) in [6.45, 7) is 2.37. The summed E-state index contributed by atoms with van der Waals surface area (Å²) < 4.78 is 17.4. The fourth-order valence-corrected chi connectivity index (χ4v) is 2.74. The van der Waals surface area contributed by atoms with E-state index in [4.69, 9.17) is 14.2 Å². The molecule has 0 N–H and O–H groups in total. The molecule has 2 aromatic rings. The largest absolute Gasteiger partial charge is 0.493 e. The number of methoxy groups -OCH3 is 1. The minimum Gasteiger partial charge on any atom is -0.493 e. The van der Waals surface area contributed by atoms with Crippen molar-refractivity contribution in [3.8, 4) is 11.5 Å². The average molecular weight is 449 g/mol. The number of hydrogen-bond donors (Lipinski definition) is 0. The molecule has 0 radical (unpaired) electrons. The van der Waals surface area contributed by atoms with Crippen molar-refractivity contribution in [2.24, 2.45) is 4.99 Å². The highest BCUT2D eigenvalue weighted by Gasteiger charge is 2.24. The second kappa shape index (κ2) is 7.69. The molecule has 0 saturated carbocycles. The van der Waals surface area contributed by atoms with Gasteiger partial charge in [0.25, 0.3) is 0 Å². The predicted octanol–water partition coefficient (Wildman–Crippen LogP) is 4.04. The number of hydrogen-bond acceptors (Lipinski definition) is 5. The fraction of sp³-hybridized carbons (Fsp3) is 0.158. The number of carbonyl (C=O) groups is 1. The van der Waals surface area contributed by atoms with E-state index in [0.717, 1.165) is 9.13 Å². The lowest BCUT2D eigenvalue weighted by Gasteiger charge is -2.11. The summed E-state index contributed by atoms with van der Waals surface area (Å²) in [5.74, 6) is 0.988. The molecule has 0 fully saturated rings. The highest BCUT2D eigenvalue weighted by Crippen LogP contribution is 2.33. The lowest BCUT2D eigenvalue weighted by molar-refractivity contribution is -0.129. The number of benzene rings is 2. The Kier molecular flexibility index (Phi) is 5.37. The number of cyclic esters (lactones) is 1. The minimum atomic E-state index is -0.487. The maximum absolute atomic E-state index is 12.2. The zero-order valence-electron chi connectivity index (χ0n) is 13.8. The topological polar surface area (TPSA) is 57.1 Å². The predicted molar refractivity (Wildman–Crippen MR) is 104 cm³/mol. The third-order valence-corrected chi connectivity index (χ3v) is 4.24. The summed E-state index contributed by atoms with van der Waals surface area (Å²) in [6.07, 6.45) is 1.65. The van der Waals surface area contributed by atoms with Crippen molar-refractivity contribution in [1.82, 2.24) is 0 Å². The Bertz CT molecular complexity index is 856. The Morgan fingerprint density at radius 1 is 1.20 bits per heavy atom. The summed E-state index contributed by atoms with van der Waals surface area (Å²) >= 11 is 2.22. The van der Waals surface area contributed by atoms with E-state index < -0.39 is 5.97 Å². The second-order valence-electron chi connectivity index (χ2n) is 5.15. The Hall–Kier alpha value is -2.35. The molecule has 3 rings (SSSR count). The van der Waals surface area contributed by atoms with Gasteiger partial charge in [-0.05, 0) is 65.9 Å². The molecule has 1 heterocycles. The second-order valence-corrected chi connectivity index (χ2v) is 6.40. The van der Waals surface area contributed by atoms with Gasteiger partial charge in [0, 0.05) is 14.7 Å². The number of rotatable bonds is 5. The fourth-order valence-electron chi connectivity index (χ4n) is 2.38. The van der Waals surface area contributed by atoms with Gasteiger partial charge in [0.15, 0.2) is 17.2 Å². The van der Waals surface area contributed by atoms with Crippen LogP contribution in [-0.2, 0) is 9.53 Å². The van der Waals surface area contributed by atoms with E-state index in [1.54, 1.807) is 19.3 Å². The van der Waals surface area contributed by atoms with Crippen molar-refractivity contribution in [3.05, 3.63) is 62.9 Å².